The zero-order valence-corrected chi connectivity index (χ0v) is 27.0. The molecule has 0 saturated carbocycles. The minimum absolute atomic E-state index is 0.205. The smallest absolute Gasteiger partial charge is 0.338 e. The second kappa shape index (κ2) is 23.5. The van der Waals surface area contributed by atoms with Crippen LogP contribution in [0, 0.1) is 11.3 Å². The predicted molar refractivity (Wildman–Crippen MR) is 167 cm³/mol. The van der Waals surface area contributed by atoms with Crippen LogP contribution < -0.4 is 0 Å². The second-order valence-electron chi connectivity index (χ2n) is 12.8. The Bertz CT molecular complexity index is 765. The van der Waals surface area contributed by atoms with E-state index in [2.05, 4.69) is 13.8 Å². The number of carbonyl (C=O) groups is 4. The topological polar surface area (TPSA) is 149 Å². The molecule has 8 nitrogen and oxygen atoms in total. The van der Waals surface area contributed by atoms with Gasteiger partial charge in [0.15, 0.2) is 16.8 Å². The molecule has 0 radical (unpaired) electrons. The van der Waals surface area contributed by atoms with E-state index in [-0.39, 0.29) is 12.8 Å². The molecule has 0 rings (SSSR count). The van der Waals surface area contributed by atoms with Crippen LogP contribution in [0.15, 0.2) is 0 Å². The molecule has 2 unspecified atom stereocenters. The van der Waals surface area contributed by atoms with Crippen LogP contribution in [0.1, 0.15) is 175 Å². The van der Waals surface area contributed by atoms with E-state index in [0.29, 0.717) is 19.3 Å². The van der Waals surface area contributed by atoms with Crippen LogP contribution in [0.25, 0.3) is 0 Å². The van der Waals surface area contributed by atoms with Crippen LogP contribution in [0.4, 0.5) is 0 Å². The molecule has 8 heteroatoms. The number of carbonyl (C=O) groups excluding carboxylic acids is 1. The lowest BCUT2D eigenvalue weighted by Crippen LogP contribution is -2.63. The van der Waals surface area contributed by atoms with Gasteiger partial charge in [-0.1, -0.05) is 149 Å². The van der Waals surface area contributed by atoms with Crippen molar-refractivity contribution in [1.82, 2.24) is 0 Å². The van der Waals surface area contributed by atoms with E-state index in [4.69, 9.17) is 0 Å². The van der Waals surface area contributed by atoms with Crippen molar-refractivity contribution in [3.8, 4) is 0 Å². The van der Waals surface area contributed by atoms with E-state index in [1.807, 2.05) is 6.92 Å². The summed E-state index contributed by atoms with van der Waals surface area (Å²) >= 11 is 0. The molecule has 0 aromatic rings. The van der Waals surface area contributed by atoms with Gasteiger partial charge in [-0.25, -0.2) is 4.79 Å². The maximum Gasteiger partial charge on any atom is 0.338 e. The summed E-state index contributed by atoms with van der Waals surface area (Å²) in [5.41, 5.74) is -5.92. The molecule has 246 valence electrons. The number of rotatable bonds is 30. The Labute approximate surface area is 255 Å². The third kappa shape index (κ3) is 15.5. The standard InChI is InChI=1S/C34H62O8/c1-4-5-6-18-22-25-29(35)33(31(38)39,34(42,32(40)41)27-30(36)37)26-23-20-17-15-13-11-9-7-8-10-12-14-16-19-21-24-28(2)3/h28,42H,4-27H2,1-3H3,(H,36,37)(H,38,39)(H,40,41). The monoisotopic (exact) mass is 598 g/mol. The van der Waals surface area contributed by atoms with Gasteiger partial charge in [0.2, 0.25) is 0 Å². The Balaban J connectivity index is 4.63. The SMILES string of the molecule is CCCCCCCC(=O)C(CCCCCCCCCCCCCCCCCC(C)C)(C(=O)O)C(O)(CC(=O)O)C(=O)O. The largest absolute Gasteiger partial charge is 0.481 e. The van der Waals surface area contributed by atoms with E-state index >= 15 is 0 Å². The van der Waals surface area contributed by atoms with Crippen LogP contribution in [0.3, 0.4) is 0 Å². The highest BCUT2D eigenvalue weighted by Gasteiger charge is 2.65. The van der Waals surface area contributed by atoms with Crippen molar-refractivity contribution in [2.24, 2.45) is 11.3 Å². The van der Waals surface area contributed by atoms with Gasteiger partial charge in [0.1, 0.15) is 0 Å². The van der Waals surface area contributed by atoms with Crippen molar-refractivity contribution in [1.29, 1.82) is 0 Å². The van der Waals surface area contributed by atoms with Crippen LogP contribution in [-0.2, 0) is 19.2 Å². The first-order valence-electron chi connectivity index (χ1n) is 16.9. The van der Waals surface area contributed by atoms with Gasteiger partial charge in [0.25, 0.3) is 0 Å². The summed E-state index contributed by atoms with van der Waals surface area (Å²) in [6.45, 7) is 6.60. The third-order valence-electron chi connectivity index (χ3n) is 8.65. The quantitative estimate of drug-likeness (QED) is 0.0474. The Hall–Kier alpha value is -1.96. The van der Waals surface area contributed by atoms with Crippen molar-refractivity contribution in [2.45, 2.75) is 180 Å². The molecule has 0 aromatic carbocycles. The number of hydrogen-bond donors (Lipinski definition) is 4. The van der Waals surface area contributed by atoms with E-state index in [1.165, 1.54) is 64.2 Å². The maximum atomic E-state index is 13.3. The Morgan fingerprint density at radius 2 is 0.976 bits per heavy atom. The number of ketones is 1. The molecule has 0 aliphatic heterocycles. The van der Waals surface area contributed by atoms with E-state index < -0.39 is 47.5 Å². The molecule has 0 bridgehead atoms. The molecule has 42 heavy (non-hydrogen) atoms. The summed E-state index contributed by atoms with van der Waals surface area (Å²) in [4.78, 5) is 49.3. The average molecular weight is 599 g/mol. The molecule has 0 aliphatic rings. The zero-order valence-electron chi connectivity index (χ0n) is 27.0. The fraction of sp³-hybridized carbons (Fsp3) is 0.882. The van der Waals surface area contributed by atoms with Crippen molar-refractivity contribution in [2.75, 3.05) is 0 Å². The van der Waals surface area contributed by atoms with Gasteiger partial charge in [-0.2, -0.15) is 0 Å². The fourth-order valence-electron chi connectivity index (χ4n) is 5.95. The highest BCUT2D eigenvalue weighted by molar-refractivity contribution is 6.09. The zero-order chi connectivity index (χ0) is 31.9. The summed E-state index contributed by atoms with van der Waals surface area (Å²) in [5, 5.41) is 40.2. The molecular formula is C34H62O8. The molecule has 0 heterocycles. The summed E-state index contributed by atoms with van der Waals surface area (Å²) in [5.74, 6) is -5.52. The average Bonchev–Trinajstić information content (AvgIpc) is 2.91. The summed E-state index contributed by atoms with van der Waals surface area (Å²) in [7, 11) is 0. The molecule has 4 N–H and O–H groups in total. The van der Waals surface area contributed by atoms with Crippen molar-refractivity contribution >= 4 is 23.7 Å². The number of carboxylic acids is 3. The molecule has 0 spiro atoms. The van der Waals surface area contributed by atoms with Gasteiger partial charge in [-0.15, -0.1) is 0 Å². The number of carboxylic acid groups (broad SMARTS) is 3. The van der Waals surface area contributed by atoms with Gasteiger partial charge in [0, 0.05) is 6.42 Å². The second-order valence-corrected chi connectivity index (χ2v) is 12.8. The van der Waals surface area contributed by atoms with Crippen molar-refractivity contribution < 1.29 is 39.6 Å². The van der Waals surface area contributed by atoms with Crippen molar-refractivity contribution in [3.05, 3.63) is 0 Å². The summed E-state index contributed by atoms with van der Waals surface area (Å²) in [6, 6.07) is 0. The lowest BCUT2D eigenvalue weighted by molar-refractivity contribution is -0.196. The number of unbranched alkanes of at least 4 members (excludes halogenated alkanes) is 18. The van der Waals surface area contributed by atoms with Gasteiger partial charge in [-0.05, 0) is 18.8 Å². The first-order chi connectivity index (χ1) is 20.0. The van der Waals surface area contributed by atoms with Gasteiger partial charge >= 0.3 is 17.9 Å². The van der Waals surface area contributed by atoms with E-state index in [1.54, 1.807) is 0 Å². The van der Waals surface area contributed by atoms with E-state index in [0.717, 1.165) is 50.9 Å². The first-order valence-corrected chi connectivity index (χ1v) is 16.9. The minimum atomic E-state index is -3.22. The van der Waals surface area contributed by atoms with Gasteiger partial charge in [-0.3, -0.25) is 14.4 Å². The highest BCUT2D eigenvalue weighted by Crippen LogP contribution is 2.43. The summed E-state index contributed by atoms with van der Waals surface area (Å²) < 4.78 is 0. The fourth-order valence-corrected chi connectivity index (χ4v) is 5.95. The molecule has 0 aromatic heterocycles. The first kappa shape index (κ1) is 40.0. The molecule has 0 aliphatic carbocycles. The minimum Gasteiger partial charge on any atom is -0.481 e. The van der Waals surface area contributed by atoms with Crippen LogP contribution in [-0.4, -0.2) is 49.7 Å². The third-order valence-corrected chi connectivity index (χ3v) is 8.65. The molecule has 0 amide bonds. The van der Waals surface area contributed by atoms with Crippen LogP contribution in [0.5, 0.6) is 0 Å². The molecule has 0 saturated heterocycles. The van der Waals surface area contributed by atoms with Crippen LogP contribution in [0.2, 0.25) is 0 Å². The lowest BCUT2D eigenvalue weighted by Gasteiger charge is -2.39. The van der Waals surface area contributed by atoms with Crippen molar-refractivity contribution in [3.63, 3.8) is 0 Å². The van der Waals surface area contributed by atoms with Crippen LogP contribution >= 0.6 is 0 Å². The Morgan fingerprint density at radius 1 is 0.571 bits per heavy atom. The van der Waals surface area contributed by atoms with Gasteiger partial charge in [0.05, 0.1) is 6.42 Å². The predicted octanol–water partition coefficient (Wildman–Crippen LogP) is 8.57. The number of aliphatic hydroxyl groups is 1. The highest BCUT2D eigenvalue weighted by atomic mass is 16.4. The molecule has 2 atom stereocenters. The Kier molecular flexibility index (Phi) is 22.4. The number of Topliss-reactive ketones (excluding diaryl/α,β-unsaturated/α-hetero) is 1. The molecule has 0 fully saturated rings. The normalized spacial score (nSPS) is 14.4. The van der Waals surface area contributed by atoms with Gasteiger partial charge < -0.3 is 20.4 Å². The summed E-state index contributed by atoms with van der Waals surface area (Å²) in [6.07, 6.45) is 19.8. The van der Waals surface area contributed by atoms with E-state index in [9.17, 15) is 39.6 Å². The number of hydrogen-bond acceptors (Lipinski definition) is 5. The lowest BCUT2D eigenvalue weighted by atomic mass is 9.63. The Morgan fingerprint density at radius 3 is 1.36 bits per heavy atom. The maximum absolute atomic E-state index is 13.3. The molecular weight excluding hydrogens is 536 g/mol. The number of aliphatic carboxylic acids is 3.